The molecule has 2 fully saturated rings. The molecule has 1 heterocycles. The van der Waals surface area contributed by atoms with Gasteiger partial charge < -0.3 is 10.0 Å². The molecule has 1 amide bonds. The number of carboxylic acid groups (broad SMARTS) is 1. The predicted octanol–water partition coefficient (Wildman–Crippen LogP) is 6.61. The van der Waals surface area contributed by atoms with Gasteiger partial charge in [0, 0.05) is 17.5 Å². The zero-order chi connectivity index (χ0) is 33.4. The second kappa shape index (κ2) is 10.7. The standard InChI is InChI=1S/C30H29F8NO5S/c1-26(12-10-17(11-13-26)24(40)41)25(42)39-15-14-27(45(43,44)21-6-4-20(31)5-7-21)22-8-3-19(16-18(22)2-9-23(27)39)28(32,29(33,34)35)30(36,37)38/h3-8,16-17,23H,2,9-15H2,1H3,(H,40,41)/t17-,23-,26-,27-/m1/s1. The highest BCUT2D eigenvalue weighted by molar-refractivity contribution is 7.92. The molecule has 1 saturated carbocycles. The van der Waals surface area contributed by atoms with Crippen molar-refractivity contribution in [2.24, 2.45) is 11.3 Å². The monoisotopic (exact) mass is 667 g/mol. The molecule has 5 rings (SSSR count). The van der Waals surface area contributed by atoms with Crippen LogP contribution in [-0.4, -0.2) is 55.2 Å². The molecule has 0 unspecified atom stereocenters. The van der Waals surface area contributed by atoms with Gasteiger partial charge in [-0.15, -0.1) is 0 Å². The van der Waals surface area contributed by atoms with E-state index >= 15 is 4.39 Å². The number of benzene rings is 2. The summed E-state index contributed by atoms with van der Waals surface area (Å²) in [6.45, 7) is 1.52. The van der Waals surface area contributed by atoms with Gasteiger partial charge in [-0.3, -0.25) is 9.59 Å². The highest BCUT2D eigenvalue weighted by atomic mass is 32.2. The Kier molecular flexibility index (Phi) is 7.85. The Morgan fingerprint density at radius 1 is 0.889 bits per heavy atom. The van der Waals surface area contributed by atoms with E-state index in [1.54, 1.807) is 6.92 Å². The van der Waals surface area contributed by atoms with Crippen LogP contribution >= 0.6 is 0 Å². The van der Waals surface area contributed by atoms with E-state index in [2.05, 4.69) is 0 Å². The van der Waals surface area contributed by atoms with Crippen molar-refractivity contribution in [1.82, 2.24) is 4.90 Å². The van der Waals surface area contributed by atoms with Crippen molar-refractivity contribution in [1.29, 1.82) is 0 Å². The molecule has 15 heteroatoms. The molecule has 0 spiro atoms. The number of hydrogen-bond donors (Lipinski definition) is 1. The first-order valence-corrected chi connectivity index (χ1v) is 15.7. The van der Waals surface area contributed by atoms with Gasteiger partial charge in [0.15, 0.2) is 9.84 Å². The molecule has 1 N–H and O–H groups in total. The van der Waals surface area contributed by atoms with Crippen LogP contribution in [0.5, 0.6) is 0 Å². The summed E-state index contributed by atoms with van der Waals surface area (Å²) in [5, 5.41) is 9.38. The third kappa shape index (κ3) is 4.91. The summed E-state index contributed by atoms with van der Waals surface area (Å²) in [5.74, 6) is -2.84. The number of sulfone groups is 1. The van der Waals surface area contributed by atoms with E-state index in [0.717, 1.165) is 30.3 Å². The van der Waals surface area contributed by atoms with Crippen LogP contribution < -0.4 is 0 Å². The van der Waals surface area contributed by atoms with Crippen LogP contribution in [0.4, 0.5) is 35.1 Å². The Hall–Kier alpha value is -3.23. The number of nitrogens with zero attached hydrogens (tertiary/aromatic N) is 1. The Morgan fingerprint density at radius 2 is 1.47 bits per heavy atom. The lowest BCUT2D eigenvalue weighted by atomic mass is 9.70. The molecule has 1 aliphatic heterocycles. The smallest absolute Gasteiger partial charge is 0.435 e. The summed E-state index contributed by atoms with van der Waals surface area (Å²) >= 11 is 0. The highest BCUT2D eigenvalue weighted by Gasteiger charge is 2.74. The molecule has 2 aliphatic carbocycles. The van der Waals surface area contributed by atoms with E-state index in [9.17, 15) is 53.8 Å². The number of fused-ring (bicyclic) bond motifs is 3. The lowest BCUT2D eigenvalue weighted by molar-refractivity contribution is -0.348. The molecule has 2 atom stereocenters. The second-order valence-electron chi connectivity index (χ2n) is 12.3. The normalized spacial score (nSPS) is 27.5. The summed E-state index contributed by atoms with van der Waals surface area (Å²) in [5.41, 5.74) is -8.92. The Morgan fingerprint density at radius 3 is 2.00 bits per heavy atom. The van der Waals surface area contributed by atoms with Crippen LogP contribution in [-0.2, 0) is 36.3 Å². The van der Waals surface area contributed by atoms with E-state index in [0.29, 0.717) is 6.07 Å². The van der Waals surface area contributed by atoms with Crippen molar-refractivity contribution in [3.8, 4) is 0 Å². The van der Waals surface area contributed by atoms with Gasteiger partial charge in [0.2, 0.25) is 5.91 Å². The van der Waals surface area contributed by atoms with Crippen LogP contribution in [0, 0.1) is 17.2 Å². The minimum Gasteiger partial charge on any atom is -0.481 e. The van der Waals surface area contributed by atoms with Crippen LogP contribution in [0.2, 0.25) is 0 Å². The molecule has 3 aliphatic rings. The average molecular weight is 668 g/mol. The van der Waals surface area contributed by atoms with Crippen LogP contribution in [0.1, 0.15) is 62.1 Å². The van der Waals surface area contributed by atoms with E-state index < -0.39 is 73.2 Å². The number of carbonyl (C=O) groups excluding carboxylic acids is 1. The van der Waals surface area contributed by atoms with Crippen molar-refractivity contribution in [3.63, 3.8) is 0 Å². The van der Waals surface area contributed by atoms with E-state index in [-0.39, 0.29) is 73.6 Å². The number of alkyl halides is 7. The number of hydrogen-bond acceptors (Lipinski definition) is 4. The van der Waals surface area contributed by atoms with E-state index in [4.69, 9.17) is 0 Å². The van der Waals surface area contributed by atoms with Crippen molar-refractivity contribution < 1.29 is 58.2 Å². The highest BCUT2D eigenvalue weighted by Crippen LogP contribution is 2.57. The van der Waals surface area contributed by atoms with Gasteiger partial charge in [-0.05, 0) is 80.3 Å². The fraction of sp³-hybridized carbons (Fsp3) is 0.533. The quantitative estimate of drug-likeness (QED) is 0.286. The average Bonchev–Trinajstić information content (AvgIpc) is 3.37. The zero-order valence-corrected chi connectivity index (χ0v) is 24.6. The number of carbonyl (C=O) groups is 2. The van der Waals surface area contributed by atoms with Crippen LogP contribution in [0.25, 0.3) is 0 Å². The molecule has 1 saturated heterocycles. The zero-order valence-electron chi connectivity index (χ0n) is 23.8. The van der Waals surface area contributed by atoms with Gasteiger partial charge >= 0.3 is 24.0 Å². The first kappa shape index (κ1) is 33.1. The Bertz CT molecular complexity index is 1600. The van der Waals surface area contributed by atoms with Gasteiger partial charge in [0.1, 0.15) is 10.6 Å². The summed E-state index contributed by atoms with van der Waals surface area (Å²) in [4.78, 5) is 26.5. The molecule has 45 heavy (non-hydrogen) atoms. The number of rotatable bonds is 5. The number of aliphatic carboxylic acids is 1. The van der Waals surface area contributed by atoms with Gasteiger partial charge in [-0.25, -0.2) is 17.2 Å². The molecular formula is C30H29F8NO5S. The second-order valence-corrected chi connectivity index (χ2v) is 14.6. The van der Waals surface area contributed by atoms with Crippen LogP contribution in [0.15, 0.2) is 47.4 Å². The molecule has 6 nitrogen and oxygen atoms in total. The SMILES string of the molecule is C[C@]1(C(=O)N2CC[C@@]3(S(=O)(=O)c4ccc(F)cc4)c4ccc(C(F)(C(F)(F)F)C(F)(F)F)cc4CC[C@@H]23)CC[C@H](C(=O)O)CC1. The van der Waals surface area contributed by atoms with E-state index in [1.165, 1.54) is 4.90 Å². The lowest BCUT2D eigenvalue weighted by Crippen LogP contribution is -2.55. The first-order valence-electron chi connectivity index (χ1n) is 14.2. The molecule has 0 bridgehead atoms. The van der Waals surface area contributed by atoms with Crippen LogP contribution in [0.3, 0.4) is 0 Å². The number of likely N-dealkylation sites (tertiary alicyclic amines) is 1. The van der Waals surface area contributed by atoms with Crippen molar-refractivity contribution in [3.05, 3.63) is 65.0 Å². The lowest BCUT2D eigenvalue weighted by Gasteiger charge is -2.45. The first-order chi connectivity index (χ1) is 20.7. The number of amides is 1. The summed E-state index contributed by atoms with van der Waals surface area (Å²) < 4.78 is 137. The molecule has 2 aromatic carbocycles. The topological polar surface area (TPSA) is 91.8 Å². The molecular weight excluding hydrogens is 638 g/mol. The van der Waals surface area contributed by atoms with Crippen molar-refractivity contribution >= 4 is 21.7 Å². The third-order valence-electron chi connectivity index (χ3n) is 9.88. The third-order valence-corrected chi connectivity index (χ3v) is 12.4. The van der Waals surface area contributed by atoms with Crippen molar-refractivity contribution in [2.45, 2.75) is 85.6 Å². The number of carboxylic acids is 1. The fourth-order valence-electron chi connectivity index (χ4n) is 7.36. The van der Waals surface area contributed by atoms with Gasteiger partial charge in [0.05, 0.1) is 16.9 Å². The molecule has 0 aromatic heterocycles. The molecule has 0 radical (unpaired) electrons. The fourth-order valence-corrected chi connectivity index (χ4v) is 9.73. The maximum atomic E-state index is 15.0. The van der Waals surface area contributed by atoms with E-state index in [1.807, 2.05) is 0 Å². The number of halogens is 8. The van der Waals surface area contributed by atoms with Crippen molar-refractivity contribution in [2.75, 3.05) is 6.54 Å². The summed E-state index contributed by atoms with van der Waals surface area (Å²) in [6.07, 6.45) is -12.7. The minimum absolute atomic E-state index is 0.138. The van der Waals surface area contributed by atoms with Gasteiger partial charge in [0.25, 0.3) is 0 Å². The number of aryl methyl sites for hydroxylation is 1. The van der Waals surface area contributed by atoms with Gasteiger partial charge in [-0.2, -0.15) is 26.3 Å². The summed E-state index contributed by atoms with van der Waals surface area (Å²) in [6, 6.07) is 4.06. The van der Waals surface area contributed by atoms with Gasteiger partial charge in [-0.1, -0.05) is 25.1 Å². The maximum Gasteiger partial charge on any atom is 0.435 e. The Labute approximate surface area is 253 Å². The molecule has 2 aromatic rings. The largest absolute Gasteiger partial charge is 0.481 e. The summed E-state index contributed by atoms with van der Waals surface area (Å²) in [7, 11) is -4.61. The minimum atomic E-state index is -6.37. The maximum absolute atomic E-state index is 15.0. The Balaban J connectivity index is 1.64. The molecule has 246 valence electrons. The predicted molar refractivity (Wildman–Crippen MR) is 143 cm³/mol.